The van der Waals surface area contributed by atoms with E-state index in [2.05, 4.69) is 24.2 Å². The van der Waals surface area contributed by atoms with Crippen molar-refractivity contribution in [2.45, 2.75) is 33.1 Å². The van der Waals surface area contributed by atoms with Gasteiger partial charge in [-0.05, 0) is 24.7 Å². The molecule has 0 aromatic carbocycles. The minimum atomic E-state index is -2.84. The Balaban J connectivity index is 2.32. The zero-order chi connectivity index (χ0) is 13.6. The number of thioether (sulfide) groups is 1. The van der Waals surface area contributed by atoms with Crippen LogP contribution < -0.4 is 5.32 Å². The second kappa shape index (κ2) is 6.80. The molecule has 0 fully saturated rings. The Labute approximate surface area is 115 Å². The fourth-order valence-electron chi connectivity index (χ4n) is 1.87. The van der Waals surface area contributed by atoms with Crippen LogP contribution in [0.5, 0.6) is 0 Å². The molecule has 0 aromatic rings. The van der Waals surface area contributed by atoms with E-state index < -0.39 is 9.84 Å². The van der Waals surface area contributed by atoms with E-state index in [0.29, 0.717) is 18.4 Å². The predicted molar refractivity (Wildman–Crippen MR) is 80.1 cm³/mol. The van der Waals surface area contributed by atoms with Gasteiger partial charge in [0.25, 0.3) is 0 Å². The zero-order valence-corrected chi connectivity index (χ0v) is 13.2. The SMILES string of the molecule is CCC1(CC)CN=C(NCCCS(C)(=O)=O)SC1. The molecule has 0 aliphatic carbocycles. The van der Waals surface area contributed by atoms with Crippen LogP contribution in [0.2, 0.25) is 0 Å². The van der Waals surface area contributed by atoms with Crippen molar-refractivity contribution in [3.63, 3.8) is 0 Å². The van der Waals surface area contributed by atoms with Gasteiger partial charge >= 0.3 is 0 Å². The van der Waals surface area contributed by atoms with E-state index in [1.165, 1.54) is 19.1 Å². The summed E-state index contributed by atoms with van der Waals surface area (Å²) < 4.78 is 22.0. The van der Waals surface area contributed by atoms with E-state index in [4.69, 9.17) is 0 Å². The summed E-state index contributed by atoms with van der Waals surface area (Å²) in [4.78, 5) is 4.58. The number of amidine groups is 1. The maximum Gasteiger partial charge on any atom is 0.156 e. The van der Waals surface area contributed by atoms with Crippen molar-refractivity contribution in [3.8, 4) is 0 Å². The Morgan fingerprint density at radius 1 is 1.39 bits per heavy atom. The number of sulfone groups is 1. The van der Waals surface area contributed by atoms with E-state index in [0.717, 1.165) is 17.5 Å². The number of rotatable bonds is 6. The zero-order valence-electron chi connectivity index (χ0n) is 11.5. The Hall–Kier alpha value is -0.230. The highest BCUT2D eigenvalue weighted by Gasteiger charge is 2.29. The van der Waals surface area contributed by atoms with Gasteiger partial charge in [-0.3, -0.25) is 4.99 Å². The van der Waals surface area contributed by atoms with Crippen molar-refractivity contribution in [1.82, 2.24) is 5.32 Å². The summed E-state index contributed by atoms with van der Waals surface area (Å²) in [6.07, 6.45) is 4.25. The number of nitrogens with zero attached hydrogens (tertiary/aromatic N) is 1. The van der Waals surface area contributed by atoms with E-state index in [1.54, 1.807) is 11.8 Å². The van der Waals surface area contributed by atoms with Crippen LogP contribution >= 0.6 is 11.8 Å². The highest BCUT2D eigenvalue weighted by molar-refractivity contribution is 8.13. The molecule has 6 heteroatoms. The van der Waals surface area contributed by atoms with Crippen LogP contribution in [-0.2, 0) is 9.84 Å². The summed E-state index contributed by atoms with van der Waals surface area (Å²) in [7, 11) is -2.84. The van der Waals surface area contributed by atoms with Crippen LogP contribution in [0.15, 0.2) is 4.99 Å². The second-order valence-corrected chi connectivity index (χ2v) is 8.25. The van der Waals surface area contributed by atoms with Gasteiger partial charge in [-0.2, -0.15) is 0 Å². The van der Waals surface area contributed by atoms with Gasteiger partial charge in [-0.25, -0.2) is 8.42 Å². The van der Waals surface area contributed by atoms with Gasteiger partial charge in [-0.1, -0.05) is 25.6 Å². The fraction of sp³-hybridized carbons (Fsp3) is 0.917. The largest absolute Gasteiger partial charge is 0.365 e. The van der Waals surface area contributed by atoms with E-state index in [-0.39, 0.29) is 5.75 Å². The van der Waals surface area contributed by atoms with Crippen molar-refractivity contribution < 1.29 is 8.42 Å². The molecule has 0 bridgehead atoms. The summed E-state index contributed by atoms with van der Waals surface area (Å²) in [6, 6.07) is 0. The van der Waals surface area contributed by atoms with Crippen LogP contribution in [-0.4, -0.2) is 44.4 Å². The molecular formula is C12H24N2O2S2. The third-order valence-electron chi connectivity index (χ3n) is 3.54. The summed E-state index contributed by atoms with van der Waals surface area (Å²) in [6.45, 7) is 6.03. The average molecular weight is 292 g/mol. The molecule has 0 saturated carbocycles. The first-order chi connectivity index (χ1) is 8.41. The monoisotopic (exact) mass is 292 g/mol. The van der Waals surface area contributed by atoms with Gasteiger partial charge in [-0.15, -0.1) is 0 Å². The summed E-state index contributed by atoms with van der Waals surface area (Å²) >= 11 is 1.77. The molecule has 0 spiro atoms. The highest BCUT2D eigenvalue weighted by Crippen LogP contribution is 2.34. The molecule has 1 aliphatic rings. The molecule has 1 N–H and O–H groups in total. The minimum Gasteiger partial charge on any atom is -0.365 e. The Bertz CT molecular complexity index is 387. The first-order valence-corrected chi connectivity index (χ1v) is 9.54. The number of aliphatic imine (C=N–C) groups is 1. The Morgan fingerprint density at radius 3 is 2.50 bits per heavy atom. The second-order valence-electron chi connectivity index (χ2n) is 5.03. The first kappa shape index (κ1) is 15.8. The maximum absolute atomic E-state index is 11.0. The third kappa shape index (κ3) is 5.18. The van der Waals surface area contributed by atoms with Crippen molar-refractivity contribution in [2.24, 2.45) is 10.4 Å². The lowest BCUT2D eigenvalue weighted by atomic mass is 9.84. The molecule has 106 valence electrons. The van der Waals surface area contributed by atoms with Crippen molar-refractivity contribution >= 4 is 26.8 Å². The van der Waals surface area contributed by atoms with Crippen LogP contribution in [0.4, 0.5) is 0 Å². The maximum atomic E-state index is 11.0. The van der Waals surface area contributed by atoms with Crippen LogP contribution in [0.25, 0.3) is 0 Å². The van der Waals surface area contributed by atoms with Crippen LogP contribution in [0, 0.1) is 5.41 Å². The van der Waals surface area contributed by atoms with Gasteiger partial charge in [0.15, 0.2) is 5.17 Å². The Kier molecular flexibility index (Phi) is 5.98. The van der Waals surface area contributed by atoms with E-state index in [9.17, 15) is 8.42 Å². The molecule has 0 atom stereocenters. The molecular weight excluding hydrogens is 268 g/mol. The molecule has 0 aromatic heterocycles. The summed E-state index contributed by atoms with van der Waals surface area (Å²) in [5.41, 5.74) is 0.364. The number of nitrogens with one attached hydrogen (secondary N) is 1. The third-order valence-corrected chi connectivity index (χ3v) is 5.88. The first-order valence-electron chi connectivity index (χ1n) is 6.49. The summed E-state index contributed by atoms with van der Waals surface area (Å²) in [5.74, 6) is 1.35. The van der Waals surface area contributed by atoms with Crippen LogP contribution in [0.1, 0.15) is 33.1 Å². The lowest BCUT2D eigenvalue weighted by Crippen LogP contribution is -2.35. The molecule has 1 rings (SSSR count). The van der Waals surface area contributed by atoms with Gasteiger partial charge in [0.2, 0.25) is 0 Å². The standard InChI is InChI=1S/C12H24N2O2S2/c1-4-12(5-2)9-14-11(17-10-12)13-7-6-8-18(3,15)16/h4-10H2,1-3H3,(H,13,14). The molecule has 4 nitrogen and oxygen atoms in total. The molecule has 0 radical (unpaired) electrons. The smallest absolute Gasteiger partial charge is 0.156 e. The van der Waals surface area contributed by atoms with Crippen molar-refractivity contribution in [2.75, 3.05) is 30.9 Å². The lowest BCUT2D eigenvalue weighted by Gasteiger charge is -2.33. The van der Waals surface area contributed by atoms with Crippen molar-refractivity contribution in [3.05, 3.63) is 0 Å². The quantitative estimate of drug-likeness (QED) is 0.760. The number of hydrogen-bond donors (Lipinski definition) is 1. The predicted octanol–water partition coefficient (Wildman–Crippen LogP) is 1.92. The summed E-state index contributed by atoms with van der Waals surface area (Å²) in [5, 5.41) is 4.20. The molecule has 0 saturated heterocycles. The minimum absolute atomic E-state index is 0.242. The van der Waals surface area contributed by atoms with E-state index in [1.807, 2.05) is 0 Å². The normalized spacial score (nSPS) is 19.4. The Morgan fingerprint density at radius 2 is 2.06 bits per heavy atom. The molecule has 1 heterocycles. The van der Waals surface area contributed by atoms with Gasteiger partial charge in [0.05, 0.1) is 5.75 Å². The average Bonchev–Trinajstić information content (AvgIpc) is 2.34. The number of hydrogen-bond acceptors (Lipinski definition) is 5. The lowest BCUT2D eigenvalue weighted by molar-refractivity contribution is 0.318. The topological polar surface area (TPSA) is 58.5 Å². The van der Waals surface area contributed by atoms with Crippen molar-refractivity contribution in [1.29, 1.82) is 0 Å². The van der Waals surface area contributed by atoms with Gasteiger partial charge in [0, 0.05) is 25.1 Å². The molecule has 18 heavy (non-hydrogen) atoms. The van der Waals surface area contributed by atoms with Gasteiger partial charge in [0.1, 0.15) is 9.84 Å². The highest BCUT2D eigenvalue weighted by atomic mass is 32.2. The van der Waals surface area contributed by atoms with Gasteiger partial charge < -0.3 is 5.32 Å². The molecule has 1 aliphatic heterocycles. The molecule has 0 unspecified atom stereocenters. The molecule has 0 amide bonds. The van der Waals surface area contributed by atoms with E-state index >= 15 is 0 Å². The van der Waals surface area contributed by atoms with Crippen LogP contribution in [0.3, 0.4) is 0 Å². The fourth-order valence-corrected chi connectivity index (χ4v) is 3.84.